The highest BCUT2D eigenvalue weighted by Gasteiger charge is 2.19. The Morgan fingerprint density at radius 2 is 1.67 bits per heavy atom. The van der Waals surface area contributed by atoms with Crippen LogP contribution in [-0.2, 0) is 11.3 Å². The maximum Gasteiger partial charge on any atom is 0.267 e. The molecular weight excluding hydrogens is 385 g/mol. The zero-order chi connectivity index (χ0) is 20.9. The van der Waals surface area contributed by atoms with Gasteiger partial charge in [-0.25, -0.2) is 9.07 Å². The fraction of sp³-hybridized carbons (Fsp3) is 0.227. The minimum absolute atomic E-state index is 0.243. The van der Waals surface area contributed by atoms with Gasteiger partial charge in [0.05, 0.1) is 0 Å². The highest BCUT2D eigenvalue weighted by molar-refractivity contribution is 5.90. The number of carbonyl (C=O) groups excluding carboxylic acids is 1. The second-order valence-corrected chi connectivity index (χ2v) is 7.06. The molecule has 1 amide bonds. The van der Waals surface area contributed by atoms with E-state index in [1.165, 1.54) is 30.0 Å². The summed E-state index contributed by atoms with van der Waals surface area (Å²) in [7, 11) is 0. The quantitative estimate of drug-likeness (QED) is 0.703. The van der Waals surface area contributed by atoms with Gasteiger partial charge in [-0.2, -0.15) is 5.10 Å². The first kappa shape index (κ1) is 19.6. The van der Waals surface area contributed by atoms with Crippen LogP contribution in [0.1, 0.15) is 0 Å². The zero-order valence-electron chi connectivity index (χ0n) is 16.4. The van der Waals surface area contributed by atoms with Crippen molar-refractivity contribution in [3.8, 4) is 0 Å². The van der Waals surface area contributed by atoms with E-state index in [0.717, 1.165) is 30.9 Å². The molecule has 1 aromatic heterocycles. The average molecular weight is 407 g/mol. The number of hydrogen-bond acceptors (Lipinski definition) is 5. The molecule has 30 heavy (non-hydrogen) atoms. The van der Waals surface area contributed by atoms with Crippen molar-refractivity contribution in [1.29, 1.82) is 0 Å². The van der Waals surface area contributed by atoms with E-state index >= 15 is 0 Å². The van der Waals surface area contributed by atoms with Crippen molar-refractivity contribution in [1.82, 2.24) is 9.78 Å². The highest BCUT2D eigenvalue weighted by Crippen LogP contribution is 2.18. The molecule has 0 saturated carbocycles. The number of para-hydroxylation sites is 1. The molecule has 154 valence electrons. The van der Waals surface area contributed by atoms with Gasteiger partial charge in [0.15, 0.2) is 0 Å². The van der Waals surface area contributed by atoms with Crippen LogP contribution in [0.15, 0.2) is 71.5 Å². The topological polar surface area (TPSA) is 70.5 Å². The van der Waals surface area contributed by atoms with E-state index in [-0.39, 0.29) is 12.1 Å². The summed E-state index contributed by atoms with van der Waals surface area (Å²) in [5, 5.41) is 6.95. The molecule has 0 radical (unpaired) electrons. The first-order valence-electron chi connectivity index (χ1n) is 9.77. The lowest BCUT2D eigenvalue weighted by Gasteiger charge is -2.36. The maximum absolute atomic E-state index is 13.3. The van der Waals surface area contributed by atoms with Crippen LogP contribution in [0.5, 0.6) is 0 Å². The Morgan fingerprint density at radius 1 is 0.933 bits per heavy atom. The number of amides is 1. The SMILES string of the molecule is O=C(Cn1nc(N2CCN(c3ccccc3)CC2)ccc1=O)Nc1cccc(F)c1. The van der Waals surface area contributed by atoms with Gasteiger partial charge in [0.25, 0.3) is 5.56 Å². The molecule has 4 rings (SSSR count). The Morgan fingerprint density at radius 3 is 2.40 bits per heavy atom. The van der Waals surface area contributed by atoms with Crippen LogP contribution in [0.4, 0.5) is 21.6 Å². The van der Waals surface area contributed by atoms with Gasteiger partial charge in [0.2, 0.25) is 5.91 Å². The Balaban J connectivity index is 1.41. The molecule has 1 aliphatic rings. The monoisotopic (exact) mass is 407 g/mol. The standard InChI is InChI=1S/C22H22FN5O2/c23-17-5-4-6-18(15-17)24-21(29)16-28-22(30)10-9-20(25-28)27-13-11-26(12-14-27)19-7-2-1-3-8-19/h1-10,15H,11-14,16H2,(H,24,29). The third-order valence-corrected chi connectivity index (χ3v) is 4.98. The predicted molar refractivity (Wildman–Crippen MR) is 114 cm³/mol. The van der Waals surface area contributed by atoms with E-state index in [9.17, 15) is 14.0 Å². The number of benzene rings is 2. The third kappa shape index (κ3) is 4.65. The number of anilines is 3. The number of piperazine rings is 1. The fourth-order valence-corrected chi connectivity index (χ4v) is 3.46. The number of nitrogens with zero attached hydrogens (tertiary/aromatic N) is 4. The summed E-state index contributed by atoms with van der Waals surface area (Å²) >= 11 is 0. The summed E-state index contributed by atoms with van der Waals surface area (Å²) in [6.07, 6.45) is 0. The van der Waals surface area contributed by atoms with Gasteiger partial charge < -0.3 is 15.1 Å². The van der Waals surface area contributed by atoms with Crippen LogP contribution in [0, 0.1) is 5.82 Å². The summed E-state index contributed by atoms with van der Waals surface area (Å²) in [5.74, 6) is -0.234. The molecule has 7 nitrogen and oxygen atoms in total. The van der Waals surface area contributed by atoms with Gasteiger partial charge in [-0.05, 0) is 36.4 Å². The van der Waals surface area contributed by atoms with Gasteiger partial charge in [-0.3, -0.25) is 9.59 Å². The minimum atomic E-state index is -0.445. The lowest BCUT2D eigenvalue weighted by Crippen LogP contribution is -2.47. The van der Waals surface area contributed by atoms with Crippen LogP contribution in [0.25, 0.3) is 0 Å². The predicted octanol–water partition coefficient (Wildman–Crippen LogP) is 2.35. The first-order chi connectivity index (χ1) is 14.6. The molecule has 1 saturated heterocycles. The zero-order valence-corrected chi connectivity index (χ0v) is 16.4. The lowest BCUT2D eigenvalue weighted by atomic mass is 10.2. The molecule has 0 atom stereocenters. The van der Waals surface area contributed by atoms with Gasteiger partial charge in [-0.1, -0.05) is 24.3 Å². The smallest absolute Gasteiger partial charge is 0.267 e. The number of rotatable bonds is 5. The summed E-state index contributed by atoms with van der Waals surface area (Å²) in [6.45, 7) is 2.95. The van der Waals surface area contributed by atoms with E-state index in [1.54, 1.807) is 12.1 Å². The molecule has 0 bridgehead atoms. The molecule has 2 heterocycles. The summed E-state index contributed by atoms with van der Waals surface area (Å²) in [4.78, 5) is 28.8. The molecule has 1 aliphatic heterocycles. The van der Waals surface area contributed by atoms with Crippen LogP contribution in [0.3, 0.4) is 0 Å². The van der Waals surface area contributed by atoms with Gasteiger partial charge in [-0.15, -0.1) is 0 Å². The lowest BCUT2D eigenvalue weighted by molar-refractivity contribution is -0.117. The number of hydrogen-bond donors (Lipinski definition) is 1. The molecule has 0 aliphatic carbocycles. The van der Waals surface area contributed by atoms with E-state index < -0.39 is 11.7 Å². The normalized spacial score (nSPS) is 13.9. The van der Waals surface area contributed by atoms with Gasteiger partial charge >= 0.3 is 0 Å². The van der Waals surface area contributed by atoms with Gasteiger partial charge in [0.1, 0.15) is 18.2 Å². The number of carbonyl (C=O) groups is 1. The molecule has 0 unspecified atom stereocenters. The molecule has 1 N–H and O–H groups in total. The average Bonchev–Trinajstić information content (AvgIpc) is 2.76. The molecule has 0 spiro atoms. The first-order valence-corrected chi connectivity index (χ1v) is 9.77. The molecule has 8 heteroatoms. The van der Waals surface area contributed by atoms with Crippen molar-refractivity contribution in [2.45, 2.75) is 6.54 Å². The van der Waals surface area contributed by atoms with Crippen molar-refractivity contribution < 1.29 is 9.18 Å². The Hall–Kier alpha value is -3.68. The molecule has 2 aromatic carbocycles. The molecule has 1 fully saturated rings. The fourth-order valence-electron chi connectivity index (χ4n) is 3.46. The van der Waals surface area contributed by atoms with Crippen molar-refractivity contribution in [2.24, 2.45) is 0 Å². The third-order valence-electron chi connectivity index (χ3n) is 4.98. The summed E-state index contributed by atoms with van der Waals surface area (Å²) < 4.78 is 14.4. The van der Waals surface area contributed by atoms with Crippen molar-refractivity contribution in [3.05, 3.63) is 82.9 Å². The number of aromatic nitrogens is 2. The van der Waals surface area contributed by atoms with Crippen LogP contribution in [0.2, 0.25) is 0 Å². The Labute approximate surface area is 173 Å². The van der Waals surface area contributed by atoms with Crippen molar-refractivity contribution >= 4 is 23.1 Å². The van der Waals surface area contributed by atoms with Crippen LogP contribution >= 0.6 is 0 Å². The van der Waals surface area contributed by atoms with Crippen LogP contribution in [-0.4, -0.2) is 41.9 Å². The second-order valence-electron chi connectivity index (χ2n) is 7.06. The van der Waals surface area contributed by atoms with E-state index in [2.05, 4.69) is 32.3 Å². The summed E-state index contributed by atoms with van der Waals surface area (Å²) in [5.41, 5.74) is 1.15. The Bertz CT molecular complexity index is 1080. The van der Waals surface area contributed by atoms with E-state index in [0.29, 0.717) is 11.5 Å². The van der Waals surface area contributed by atoms with Crippen molar-refractivity contribution in [2.75, 3.05) is 41.3 Å². The van der Waals surface area contributed by atoms with E-state index in [1.807, 2.05) is 18.2 Å². The largest absolute Gasteiger partial charge is 0.368 e. The molecular formula is C22H22FN5O2. The maximum atomic E-state index is 13.3. The Kier molecular flexibility index (Phi) is 5.74. The summed E-state index contributed by atoms with van der Waals surface area (Å²) in [6, 6.07) is 18.9. The second kappa shape index (κ2) is 8.77. The highest BCUT2D eigenvalue weighted by atomic mass is 19.1. The minimum Gasteiger partial charge on any atom is -0.368 e. The van der Waals surface area contributed by atoms with Crippen LogP contribution < -0.4 is 20.7 Å². The van der Waals surface area contributed by atoms with Gasteiger partial charge in [0, 0.05) is 43.6 Å². The molecule has 3 aromatic rings. The van der Waals surface area contributed by atoms with E-state index in [4.69, 9.17) is 0 Å². The van der Waals surface area contributed by atoms with Crippen molar-refractivity contribution in [3.63, 3.8) is 0 Å². The number of nitrogens with one attached hydrogen (secondary N) is 1. The number of halogens is 1.